The lowest BCUT2D eigenvalue weighted by atomic mass is 10.1. The maximum Gasteiger partial charge on any atom is 0.119 e. The summed E-state index contributed by atoms with van der Waals surface area (Å²) in [5.41, 5.74) is 10.2. The van der Waals surface area contributed by atoms with Gasteiger partial charge in [0.2, 0.25) is 0 Å². The Hall–Kier alpha value is -2.42. The van der Waals surface area contributed by atoms with Crippen LogP contribution < -0.4 is 10.5 Å². The summed E-state index contributed by atoms with van der Waals surface area (Å²) in [5.74, 6) is 0.892. The largest absolute Gasteiger partial charge is 0.489 e. The second-order valence-electron chi connectivity index (χ2n) is 5.14. The first kappa shape index (κ1) is 12.6. The van der Waals surface area contributed by atoms with Gasteiger partial charge in [-0.05, 0) is 31.2 Å². The van der Waals surface area contributed by atoms with Gasteiger partial charge in [0.1, 0.15) is 12.4 Å². The third-order valence-corrected chi connectivity index (χ3v) is 3.51. The fraction of sp³-hybridized carbons (Fsp3) is 0.176. The van der Waals surface area contributed by atoms with Crippen LogP contribution in [-0.2, 0) is 13.7 Å². The Morgan fingerprint density at radius 3 is 2.60 bits per heavy atom. The first-order valence-electron chi connectivity index (χ1n) is 6.66. The maximum atomic E-state index is 5.85. The van der Waals surface area contributed by atoms with Crippen molar-refractivity contribution in [2.24, 2.45) is 7.05 Å². The standard InChI is InChI=1S/C17H18N2O/c1-12-3-6-15(7-4-12)20-11-13-10-19(2)17-9-14(18)5-8-16(13)17/h3-10H,11,18H2,1-2H3. The zero-order valence-corrected chi connectivity index (χ0v) is 11.8. The van der Waals surface area contributed by atoms with E-state index in [1.54, 1.807) is 0 Å². The molecule has 0 fully saturated rings. The molecule has 0 aliphatic rings. The molecule has 0 radical (unpaired) electrons. The molecule has 3 aromatic rings. The molecular weight excluding hydrogens is 248 g/mol. The second-order valence-corrected chi connectivity index (χ2v) is 5.14. The molecule has 2 aromatic carbocycles. The van der Waals surface area contributed by atoms with E-state index in [9.17, 15) is 0 Å². The van der Waals surface area contributed by atoms with Crippen molar-refractivity contribution in [3.05, 3.63) is 59.8 Å². The molecule has 102 valence electrons. The maximum absolute atomic E-state index is 5.85. The monoisotopic (exact) mass is 266 g/mol. The zero-order valence-electron chi connectivity index (χ0n) is 11.8. The molecule has 0 bridgehead atoms. The predicted octanol–water partition coefficient (Wildman–Crippen LogP) is 3.65. The molecule has 0 aliphatic carbocycles. The molecule has 0 amide bonds. The summed E-state index contributed by atoms with van der Waals surface area (Å²) in [6.45, 7) is 2.63. The van der Waals surface area contributed by atoms with Crippen LogP contribution in [0.3, 0.4) is 0 Å². The van der Waals surface area contributed by atoms with Gasteiger partial charge >= 0.3 is 0 Å². The van der Waals surface area contributed by atoms with Crippen molar-refractivity contribution in [3.63, 3.8) is 0 Å². The number of hydrogen-bond acceptors (Lipinski definition) is 2. The Kier molecular flexibility index (Phi) is 3.11. The first-order chi connectivity index (χ1) is 9.63. The number of nitrogen functional groups attached to an aromatic ring is 1. The number of aryl methyl sites for hydroxylation is 2. The number of fused-ring (bicyclic) bond motifs is 1. The van der Waals surface area contributed by atoms with Crippen molar-refractivity contribution in [2.75, 3.05) is 5.73 Å². The number of hydrogen-bond donors (Lipinski definition) is 1. The molecule has 3 heteroatoms. The lowest BCUT2D eigenvalue weighted by molar-refractivity contribution is 0.307. The minimum absolute atomic E-state index is 0.560. The normalized spacial score (nSPS) is 10.9. The summed E-state index contributed by atoms with van der Waals surface area (Å²) in [7, 11) is 2.02. The van der Waals surface area contributed by atoms with Gasteiger partial charge in [-0.15, -0.1) is 0 Å². The topological polar surface area (TPSA) is 40.2 Å². The molecule has 0 saturated carbocycles. The molecule has 2 N–H and O–H groups in total. The van der Waals surface area contributed by atoms with Crippen LogP contribution in [0.4, 0.5) is 5.69 Å². The number of nitrogens with two attached hydrogens (primary N) is 1. The smallest absolute Gasteiger partial charge is 0.119 e. The van der Waals surface area contributed by atoms with Crippen molar-refractivity contribution >= 4 is 16.6 Å². The lowest BCUT2D eigenvalue weighted by Crippen LogP contribution is -1.94. The van der Waals surface area contributed by atoms with E-state index in [1.807, 2.05) is 31.3 Å². The van der Waals surface area contributed by atoms with Crippen LogP contribution in [0.2, 0.25) is 0 Å². The fourth-order valence-corrected chi connectivity index (χ4v) is 2.40. The highest BCUT2D eigenvalue weighted by atomic mass is 16.5. The molecule has 0 saturated heterocycles. The summed E-state index contributed by atoms with van der Waals surface area (Å²) in [6, 6.07) is 14.1. The van der Waals surface area contributed by atoms with Gasteiger partial charge in [0.05, 0.1) is 5.52 Å². The van der Waals surface area contributed by atoms with Gasteiger partial charge in [-0.2, -0.15) is 0 Å². The minimum atomic E-state index is 0.560. The molecule has 3 rings (SSSR count). The van der Waals surface area contributed by atoms with Crippen molar-refractivity contribution < 1.29 is 4.74 Å². The summed E-state index contributed by atoms with van der Waals surface area (Å²) in [4.78, 5) is 0. The number of aromatic nitrogens is 1. The quantitative estimate of drug-likeness (QED) is 0.735. The Balaban J connectivity index is 1.86. The molecule has 20 heavy (non-hydrogen) atoms. The van der Waals surface area contributed by atoms with E-state index in [2.05, 4.69) is 35.9 Å². The average Bonchev–Trinajstić information content (AvgIpc) is 2.74. The van der Waals surface area contributed by atoms with Gasteiger partial charge < -0.3 is 15.0 Å². The Morgan fingerprint density at radius 1 is 1.10 bits per heavy atom. The SMILES string of the molecule is Cc1ccc(OCc2cn(C)c3cc(N)ccc23)cc1. The molecule has 0 atom stereocenters. The van der Waals surface area contributed by atoms with Crippen molar-refractivity contribution in [1.82, 2.24) is 4.57 Å². The highest BCUT2D eigenvalue weighted by molar-refractivity contribution is 5.86. The van der Waals surface area contributed by atoms with E-state index in [1.165, 1.54) is 16.5 Å². The van der Waals surface area contributed by atoms with Gasteiger partial charge in [0.25, 0.3) is 0 Å². The molecule has 0 aliphatic heterocycles. The molecule has 3 nitrogen and oxygen atoms in total. The van der Waals surface area contributed by atoms with Gasteiger partial charge in [-0.1, -0.05) is 23.8 Å². The minimum Gasteiger partial charge on any atom is -0.489 e. The highest BCUT2D eigenvalue weighted by Gasteiger charge is 2.07. The van der Waals surface area contributed by atoms with Crippen molar-refractivity contribution in [3.8, 4) is 5.75 Å². The second kappa shape index (κ2) is 4.93. The Bertz CT molecular complexity index is 742. The summed E-state index contributed by atoms with van der Waals surface area (Å²) in [6.07, 6.45) is 2.10. The van der Waals surface area contributed by atoms with Crippen molar-refractivity contribution in [1.29, 1.82) is 0 Å². The van der Waals surface area contributed by atoms with E-state index in [0.29, 0.717) is 6.61 Å². The van der Waals surface area contributed by atoms with Crippen LogP contribution in [0.25, 0.3) is 10.9 Å². The van der Waals surface area contributed by atoms with Gasteiger partial charge in [0.15, 0.2) is 0 Å². The number of ether oxygens (including phenoxy) is 1. The van der Waals surface area contributed by atoms with Crippen LogP contribution in [0.15, 0.2) is 48.7 Å². The van der Waals surface area contributed by atoms with Crippen molar-refractivity contribution in [2.45, 2.75) is 13.5 Å². The van der Waals surface area contributed by atoms with E-state index in [-0.39, 0.29) is 0 Å². The highest BCUT2D eigenvalue weighted by Crippen LogP contribution is 2.24. The first-order valence-corrected chi connectivity index (χ1v) is 6.66. The van der Waals surface area contributed by atoms with Gasteiger partial charge in [-0.25, -0.2) is 0 Å². The molecule has 0 unspecified atom stereocenters. The Labute approximate surface area is 118 Å². The van der Waals surface area contributed by atoms with Crippen LogP contribution in [0.5, 0.6) is 5.75 Å². The van der Waals surface area contributed by atoms with Crippen LogP contribution in [-0.4, -0.2) is 4.57 Å². The van der Waals surface area contributed by atoms with Gasteiger partial charge in [-0.3, -0.25) is 0 Å². The summed E-state index contributed by atoms with van der Waals surface area (Å²) < 4.78 is 7.94. The van der Waals surface area contributed by atoms with Crippen LogP contribution in [0, 0.1) is 6.92 Å². The summed E-state index contributed by atoms with van der Waals surface area (Å²) in [5, 5.41) is 1.19. The number of benzene rings is 2. The zero-order chi connectivity index (χ0) is 14.1. The molecule has 1 aromatic heterocycles. The van der Waals surface area contributed by atoms with E-state index >= 15 is 0 Å². The molecule has 0 spiro atoms. The number of nitrogens with zero attached hydrogens (tertiary/aromatic N) is 1. The van der Waals surface area contributed by atoms with Gasteiger partial charge in [0, 0.05) is 29.9 Å². The third kappa shape index (κ3) is 2.35. The Morgan fingerprint density at radius 2 is 1.85 bits per heavy atom. The van der Waals surface area contributed by atoms with Crippen LogP contribution >= 0.6 is 0 Å². The molecular formula is C17H18N2O. The van der Waals surface area contributed by atoms with E-state index in [4.69, 9.17) is 10.5 Å². The summed E-state index contributed by atoms with van der Waals surface area (Å²) >= 11 is 0. The molecule has 1 heterocycles. The number of anilines is 1. The van der Waals surface area contributed by atoms with E-state index in [0.717, 1.165) is 17.0 Å². The number of rotatable bonds is 3. The average molecular weight is 266 g/mol. The third-order valence-electron chi connectivity index (χ3n) is 3.51. The fourth-order valence-electron chi connectivity index (χ4n) is 2.40. The lowest BCUT2D eigenvalue weighted by Gasteiger charge is -2.05. The van der Waals surface area contributed by atoms with E-state index < -0.39 is 0 Å². The predicted molar refractivity (Wildman–Crippen MR) is 82.8 cm³/mol. The van der Waals surface area contributed by atoms with Crippen LogP contribution in [0.1, 0.15) is 11.1 Å².